The Bertz CT molecular complexity index is 296. The molecule has 3 unspecified atom stereocenters. The molecule has 0 aromatic rings. The molecule has 1 amide bonds. The third-order valence-corrected chi connectivity index (χ3v) is 3.66. The summed E-state index contributed by atoms with van der Waals surface area (Å²) < 4.78 is 0. The summed E-state index contributed by atoms with van der Waals surface area (Å²) in [6, 6.07) is 0.0795. The highest BCUT2D eigenvalue weighted by atomic mass is 16.2. The van der Waals surface area contributed by atoms with Crippen LogP contribution in [0, 0.1) is 0 Å². The molecule has 0 bridgehead atoms. The lowest BCUT2D eigenvalue weighted by atomic mass is 9.98. The van der Waals surface area contributed by atoms with Crippen molar-refractivity contribution in [2.45, 2.75) is 50.7 Å². The number of likely N-dealkylation sites (N-methyl/N-ethyl adjacent to an activating group) is 1. The van der Waals surface area contributed by atoms with Crippen molar-refractivity contribution < 1.29 is 11.0 Å². The van der Waals surface area contributed by atoms with Gasteiger partial charge in [0.25, 0.3) is 0 Å². The number of carbonyl (C=O) groups excluding carboxylic acids is 2. The largest absolute Gasteiger partial charge is 0.328 e. The van der Waals surface area contributed by atoms with Crippen molar-refractivity contribution in [3.8, 4) is 0 Å². The molecule has 2 heterocycles. The molecular formula is C11H20N2O2. The maximum atomic E-state index is 12.1. The van der Waals surface area contributed by atoms with Crippen LogP contribution in [-0.4, -0.2) is 41.8 Å². The summed E-state index contributed by atoms with van der Waals surface area (Å²) in [7, 11) is 1.81. The van der Waals surface area contributed by atoms with Gasteiger partial charge in [0.2, 0.25) is 5.91 Å². The number of Topliss-reactive ketones (excluding diaryl/α,β-unsaturated/α-hetero) is 1. The van der Waals surface area contributed by atoms with Crippen LogP contribution < -0.4 is 5.32 Å². The van der Waals surface area contributed by atoms with E-state index in [0.717, 1.165) is 25.7 Å². The van der Waals surface area contributed by atoms with E-state index < -0.39 is 0 Å². The molecule has 0 aliphatic carbocycles. The smallest absolute Gasteiger partial charge is 0.240 e. The Kier molecular flexibility index (Phi) is 2.78. The number of nitrogens with zero attached hydrogens (tertiary/aromatic N) is 1. The van der Waals surface area contributed by atoms with Gasteiger partial charge in [0, 0.05) is 7.47 Å². The summed E-state index contributed by atoms with van der Waals surface area (Å²) >= 11 is 0. The highest BCUT2D eigenvalue weighted by Crippen LogP contribution is 2.32. The maximum absolute atomic E-state index is 12.1. The molecule has 2 rings (SSSR count). The zero-order valence-electron chi connectivity index (χ0n) is 9.32. The van der Waals surface area contributed by atoms with Crippen LogP contribution in [0.1, 0.15) is 34.0 Å². The van der Waals surface area contributed by atoms with E-state index in [1.165, 1.54) is 0 Å². The molecule has 0 aromatic carbocycles. The number of fused-ring (bicyclic) bond motifs is 1. The van der Waals surface area contributed by atoms with Gasteiger partial charge in [-0.05, 0) is 39.7 Å². The van der Waals surface area contributed by atoms with Gasteiger partial charge >= 0.3 is 0 Å². The Morgan fingerprint density at radius 1 is 1.40 bits per heavy atom. The first-order valence-corrected chi connectivity index (χ1v) is 5.65. The molecular weight excluding hydrogens is 192 g/mol. The second kappa shape index (κ2) is 3.93. The van der Waals surface area contributed by atoms with Crippen LogP contribution in [-0.2, 0) is 9.59 Å². The fraction of sp³-hybridized carbons (Fsp3) is 0.818. The lowest BCUT2D eigenvalue weighted by Crippen LogP contribution is -2.55. The first-order valence-electron chi connectivity index (χ1n) is 5.65. The first-order chi connectivity index (χ1) is 7.15. The van der Waals surface area contributed by atoms with Gasteiger partial charge in [-0.2, -0.15) is 0 Å². The van der Waals surface area contributed by atoms with Crippen LogP contribution in [0.5, 0.6) is 0 Å². The zero-order chi connectivity index (χ0) is 11.0. The molecule has 2 saturated heterocycles. The van der Waals surface area contributed by atoms with Gasteiger partial charge in [0.05, 0.1) is 12.1 Å². The lowest BCUT2D eigenvalue weighted by Gasteiger charge is -2.37. The molecule has 0 saturated carbocycles. The minimum atomic E-state index is -0.154. The van der Waals surface area contributed by atoms with Gasteiger partial charge in [0.15, 0.2) is 5.78 Å². The molecule has 2 aliphatic rings. The van der Waals surface area contributed by atoms with Crippen molar-refractivity contribution in [1.29, 1.82) is 0 Å². The van der Waals surface area contributed by atoms with E-state index in [0.29, 0.717) is 6.04 Å². The van der Waals surface area contributed by atoms with E-state index in [2.05, 4.69) is 5.32 Å². The predicted molar refractivity (Wildman–Crippen MR) is 58.5 cm³/mol. The Labute approximate surface area is 91.5 Å². The molecule has 2 fully saturated rings. The highest BCUT2D eigenvalue weighted by molar-refractivity contribution is 5.91. The van der Waals surface area contributed by atoms with E-state index >= 15 is 0 Å². The van der Waals surface area contributed by atoms with E-state index in [1.807, 2.05) is 11.9 Å². The fourth-order valence-corrected chi connectivity index (χ4v) is 2.83. The van der Waals surface area contributed by atoms with Gasteiger partial charge in [-0.1, -0.05) is 0 Å². The van der Waals surface area contributed by atoms with Crippen LogP contribution in [0.2, 0.25) is 0 Å². The van der Waals surface area contributed by atoms with Crippen LogP contribution in [0.3, 0.4) is 0 Å². The average Bonchev–Trinajstić information content (AvgIpc) is 2.63. The summed E-state index contributed by atoms with van der Waals surface area (Å²) in [6.07, 6.45) is 3.77. The highest BCUT2D eigenvalue weighted by Gasteiger charge is 2.44. The number of piperidine rings is 1. The monoisotopic (exact) mass is 212 g/mol. The average molecular weight is 212 g/mol. The van der Waals surface area contributed by atoms with Crippen LogP contribution in [0.4, 0.5) is 0 Å². The van der Waals surface area contributed by atoms with E-state index in [9.17, 15) is 9.59 Å². The molecule has 0 spiro atoms. The summed E-state index contributed by atoms with van der Waals surface area (Å²) in [5.41, 5.74) is 0. The number of ketones is 1. The van der Waals surface area contributed by atoms with Crippen LogP contribution in [0.25, 0.3) is 0 Å². The van der Waals surface area contributed by atoms with Crippen molar-refractivity contribution in [3.05, 3.63) is 0 Å². The van der Waals surface area contributed by atoms with Crippen molar-refractivity contribution in [2.24, 2.45) is 0 Å². The summed E-state index contributed by atoms with van der Waals surface area (Å²) in [5, 5.41) is 3.02. The fourth-order valence-electron chi connectivity index (χ4n) is 2.83. The van der Waals surface area contributed by atoms with Gasteiger partial charge < -0.3 is 10.2 Å². The van der Waals surface area contributed by atoms with Crippen molar-refractivity contribution in [1.82, 2.24) is 10.2 Å². The van der Waals surface area contributed by atoms with Gasteiger partial charge in [-0.3, -0.25) is 9.59 Å². The predicted octanol–water partition coefficient (Wildman–Crippen LogP) is 0.563. The van der Waals surface area contributed by atoms with Crippen LogP contribution >= 0.6 is 0 Å². The van der Waals surface area contributed by atoms with E-state index in [1.54, 1.807) is 6.92 Å². The Morgan fingerprint density at radius 3 is 2.67 bits per heavy atom. The number of nitrogens with one attached hydrogen (secondary N) is 1. The minimum Gasteiger partial charge on any atom is -0.328 e. The molecule has 86 valence electrons. The second-order valence-corrected chi connectivity index (χ2v) is 4.52. The van der Waals surface area contributed by atoms with Gasteiger partial charge in [-0.25, -0.2) is 0 Å². The molecule has 3 atom stereocenters. The number of amides is 1. The zero-order valence-corrected chi connectivity index (χ0v) is 9.32. The molecule has 1 N–H and O–H groups in total. The molecule has 2 aliphatic heterocycles. The van der Waals surface area contributed by atoms with Crippen molar-refractivity contribution in [2.75, 3.05) is 7.05 Å². The molecule has 0 aromatic heterocycles. The summed E-state index contributed by atoms with van der Waals surface area (Å²) in [4.78, 5) is 25.3. The third-order valence-electron chi connectivity index (χ3n) is 3.66. The number of hydrogen-bond acceptors (Lipinski definition) is 3. The topological polar surface area (TPSA) is 49.4 Å². The Balaban J connectivity index is 0.00000128. The van der Waals surface area contributed by atoms with Crippen molar-refractivity contribution in [3.63, 3.8) is 0 Å². The number of rotatable bonds is 2. The standard InChI is InChI=1S/C11H18N2O2.H2/c1-7(14)10-6-4-8-3-5-9(12-2)11(15)13(8)10;/h8-10,12H,3-6H2,1-2H3;1H. The van der Waals surface area contributed by atoms with Crippen molar-refractivity contribution >= 4 is 11.7 Å². The Morgan fingerprint density at radius 2 is 2.07 bits per heavy atom. The lowest BCUT2D eigenvalue weighted by molar-refractivity contribution is -0.143. The van der Waals surface area contributed by atoms with E-state index in [-0.39, 0.29) is 25.2 Å². The first kappa shape index (κ1) is 10.6. The van der Waals surface area contributed by atoms with E-state index in [4.69, 9.17) is 0 Å². The molecule has 0 radical (unpaired) electrons. The Hall–Kier alpha value is -0.900. The summed E-state index contributed by atoms with van der Waals surface area (Å²) in [6.45, 7) is 1.59. The number of hydrogen-bond donors (Lipinski definition) is 1. The van der Waals surface area contributed by atoms with Gasteiger partial charge in [-0.15, -0.1) is 0 Å². The second-order valence-electron chi connectivity index (χ2n) is 4.52. The van der Waals surface area contributed by atoms with Gasteiger partial charge in [0.1, 0.15) is 0 Å². The summed E-state index contributed by atoms with van der Waals surface area (Å²) in [5.74, 6) is 0.244. The minimum absolute atomic E-state index is 0. The quantitative estimate of drug-likeness (QED) is 0.727. The molecule has 4 nitrogen and oxygen atoms in total. The maximum Gasteiger partial charge on any atom is 0.240 e. The van der Waals surface area contributed by atoms with Crippen LogP contribution in [0.15, 0.2) is 0 Å². The third kappa shape index (κ3) is 1.67. The molecule has 4 heteroatoms. The molecule has 15 heavy (non-hydrogen) atoms. The number of carbonyl (C=O) groups is 2. The normalized spacial score (nSPS) is 35.5. The SMILES string of the molecule is CNC1CCC2CCC(C(C)=O)N2C1=O.[HH].